The number of nitrogens with zero attached hydrogens (tertiary/aromatic N) is 1. The molecule has 2 atom stereocenters. The smallest absolute Gasteiger partial charge is 0.317 e. The second-order valence-corrected chi connectivity index (χ2v) is 4.63. The fraction of sp³-hybridized carbons (Fsp3) is 0.909. The van der Waals surface area contributed by atoms with Crippen molar-refractivity contribution in [3.63, 3.8) is 0 Å². The van der Waals surface area contributed by atoms with E-state index in [4.69, 9.17) is 4.74 Å². The van der Waals surface area contributed by atoms with Crippen LogP contribution in [0, 0.1) is 0 Å². The predicted octanol–water partition coefficient (Wildman–Crippen LogP) is 0.169. The number of piperidine rings is 1. The SMILES string of the molecule is CC1CC(NC(=O)N2CCOCC2)CCN1. The maximum absolute atomic E-state index is 11.9. The maximum Gasteiger partial charge on any atom is 0.317 e. The summed E-state index contributed by atoms with van der Waals surface area (Å²) in [7, 11) is 0. The van der Waals surface area contributed by atoms with Crippen LogP contribution >= 0.6 is 0 Å². The molecule has 0 aliphatic carbocycles. The van der Waals surface area contributed by atoms with E-state index >= 15 is 0 Å². The fourth-order valence-corrected chi connectivity index (χ4v) is 2.30. The Bertz CT molecular complexity index is 241. The molecule has 0 saturated carbocycles. The van der Waals surface area contributed by atoms with Gasteiger partial charge in [-0.1, -0.05) is 0 Å². The zero-order chi connectivity index (χ0) is 11.4. The third kappa shape index (κ3) is 3.09. The summed E-state index contributed by atoms with van der Waals surface area (Å²) in [6.07, 6.45) is 2.05. The normalized spacial score (nSPS) is 31.2. The van der Waals surface area contributed by atoms with Crippen LogP contribution in [0.25, 0.3) is 0 Å². The quantitative estimate of drug-likeness (QED) is 0.671. The Balaban J connectivity index is 1.77. The van der Waals surface area contributed by atoms with Gasteiger partial charge in [-0.3, -0.25) is 0 Å². The number of carbonyl (C=O) groups is 1. The number of ether oxygens (including phenoxy) is 1. The predicted molar refractivity (Wildman–Crippen MR) is 61.4 cm³/mol. The summed E-state index contributed by atoms with van der Waals surface area (Å²) in [5.41, 5.74) is 0. The van der Waals surface area contributed by atoms with Gasteiger partial charge >= 0.3 is 6.03 Å². The topological polar surface area (TPSA) is 53.6 Å². The Labute approximate surface area is 96.5 Å². The summed E-state index contributed by atoms with van der Waals surface area (Å²) in [6.45, 7) is 5.91. The lowest BCUT2D eigenvalue weighted by Gasteiger charge is -2.32. The number of urea groups is 1. The van der Waals surface area contributed by atoms with E-state index in [0.29, 0.717) is 38.4 Å². The lowest BCUT2D eigenvalue weighted by Crippen LogP contribution is -2.52. The average Bonchev–Trinajstić information content (AvgIpc) is 2.30. The van der Waals surface area contributed by atoms with E-state index in [2.05, 4.69) is 17.6 Å². The van der Waals surface area contributed by atoms with Crippen LogP contribution in [0.3, 0.4) is 0 Å². The van der Waals surface area contributed by atoms with E-state index in [1.807, 2.05) is 4.90 Å². The molecule has 2 fully saturated rings. The number of hydrogen-bond acceptors (Lipinski definition) is 3. The van der Waals surface area contributed by atoms with Crippen molar-refractivity contribution in [3.8, 4) is 0 Å². The van der Waals surface area contributed by atoms with E-state index in [1.165, 1.54) is 0 Å². The highest BCUT2D eigenvalue weighted by Crippen LogP contribution is 2.09. The van der Waals surface area contributed by atoms with Gasteiger partial charge in [0, 0.05) is 25.2 Å². The van der Waals surface area contributed by atoms with Gasteiger partial charge in [-0.05, 0) is 26.3 Å². The van der Waals surface area contributed by atoms with Crippen molar-refractivity contribution in [1.29, 1.82) is 0 Å². The summed E-state index contributed by atoms with van der Waals surface area (Å²) in [6, 6.07) is 0.901. The van der Waals surface area contributed by atoms with Gasteiger partial charge in [0.05, 0.1) is 13.2 Å². The molecule has 0 aromatic rings. The Morgan fingerprint density at radius 2 is 2.19 bits per heavy atom. The summed E-state index contributed by atoms with van der Waals surface area (Å²) in [4.78, 5) is 13.8. The Morgan fingerprint density at radius 1 is 1.44 bits per heavy atom. The summed E-state index contributed by atoms with van der Waals surface area (Å²) in [5, 5.41) is 6.49. The third-order valence-corrected chi connectivity index (χ3v) is 3.25. The zero-order valence-corrected chi connectivity index (χ0v) is 9.87. The monoisotopic (exact) mass is 227 g/mol. The molecule has 2 N–H and O–H groups in total. The van der Waals surface area contributed by atoms with Gasteiger partial charge in [0.25, 0.3) is 0 Å². The number of nitrogens with one attached hydrogen (secondary N) is 2. The minimum absolute atomic E-state index is 0.0717. The highest BCUT2D eigenvalue weighted by molar-refractivity contribution is 5.74. The van der Waals surface area contributed by atoms with Gasteiger partial charge < -0.3 is 20.3 Å². The van der Waals surface area contributed by atoms with E-state index in [0.717, 1.165) is 19.4 Å². The molecule has 0 radical (unpaired) electrons. The molecule has 0 bridgehead atoms. The minimum atomic E-state index is 0.0717. The van der Waals surface area contributed by atoms with Gasteiger partial charge in [-0.2, -0.15) is 0 Å². The van der Waals surface area contributed by atoms with Gasteiger partial charge in [0.2, 0.25) is 0 Å². The van der Waals surface area contributed by atoms with Crippen LogP contribution in [0.1, 0.15) is 19.8 Å². The molecular weight excluding hydrogens is 206 g/mol. The van der Waals surface area contributed by atoms with Crippen molar-refractivity contribution >= 4 is 6.03 Å². The molecule has 2 unspecified atom stereocenters. The van der Waals surface area contributed by atoms with Crippen molar-refractivity contribution in [3.05, 3.63) is 0 Å². The van der Waals surface area contributed by atoms with Crippen LogP contribution < -0.4 is 10.6 Å². The molecule has 2 saturated heterocycles. The number of carbonyl (C=O) groups excluding carboxylic acids is 1. The fourth-order valence-electron chi connectivity index (χ4n) is 2.30. The van der Waals surface area contributed by atoms with Crippen LogP contribution in [0.15, 0.2) is 0 Å². The molecule has 2 aliphatic heterocycles. The van der Waals surface area contributed by atoms with E-state index < -0.39 is 0 Å². The van der Waals surface area contributed by atoms with Crippen LogP contribution in [-0.2, 0) is 4.74 Å². The molecule has 5 nitrogen and oxygen atoms in total. The molecule has 92 valence electrons. The average molecular weight is 227 g/mol. The third-order valence-electron chi connectivity index (χ3n) is 3.25. The second kappa shape index (κ2) is 5.50. The molecule has 2 rings (SSSR count). The first-order valence-corrected chi connectivity index (χ1v) is 6.12. The van der Waals surface area contributed by atoms with Crippen LogP contribution in [0.4, 0.5) is 4.79 Å². The summed E-state index contributed by atoms with van der Waals surface area (Å²) >= 11 is 0. The zero-order valence-electron chi connectivity index (χ0n) is 9.87. The summed E-state index contributed by atoms with van der Waals surface area (Å²) < 4.78 is 5.23. The molecule has 2 amide bonds. The van der Waals surface area contributed by atoms with Crippen LogP contribution in [0.2, 0.25) is 0 Å². The first kappa shape index (κ1) is 11.7. The van der Waals surface area contributed by atoms with Crippen molar-refractivity contribution in [2.75, 3.05) is 32.8 Å². The standard InChI is InChI=1S/C11H21N3O2/c1-9-8-10(2-3-12-9)13-11(15)14-4-6-16-7-5-14/h9-10,12H,2-8H2,1H3,(H,13,15). The van der Waals surface area contributed by atoms with Crippen LogP contribution in [0.5, 0.6) is 0 Å². The second-order valence-electron chi connectivity index (χ2n) is 4.63. The first-order valence-electron chi connectivity index (χ1n) is 6.12. The molecule has 0 aromatic heterocycles. The van der Waals surface area contributed by atoms with Crippen molar-refractivity contribution in [2.45, 2.75) is 31.8 Å². The Kier molecular flexibility index (Phi) is 4.01. The molecule has 16 heavy (non-hydrogen) atoms. The molecule has 2 aliphatic rings. The molecule has 0 aromatic carbocycles. The molecule has 2 heterocycles. The lowest BCUT2D eigenvalue weighted by atomic mass is 10.0. The van der Waals surface area contributed by atoms with E-state index in [9.17, 15) is 4.79 Å². The molecule has 5 heteroatoms. The highest BCUT2D eigenvalue weighted by atomic mass is 16.5. The van der Waals surface area contributed by atoms with Gasteiger partial charge in [-0.15, -0.1) is 0 Å². The Morgan fingerprint density at radius 3 is 2.88 bits per heavy atom. The van der Waals surface area contributed by atoms with Gasteiger partial charge in [0.1, 0.15) is 0 Å². The maximum atomic E-state index is 11.9. The number of amides is 2. The van der Waals surface area contributed by atoms with Crippen molar-refractivity contribution in [1.82, 2.24) is 15.5 Å². The number of rotatable bonds is 1. The van der Waals surface area contributed by atoms with Crippen molar-refractivity contribution < 1.29 is 9.53 Å². The van der Waals surface area contributed by atoms with E-state index in [1.54, 1.807) is 0 Å². The van der Waals surface area contributed by atoms with Crippen molar-refractivity contribution in [2.24, 2.45) is 0 Å². The van der Waals surface area contributed by atoms with E-state index in [-0.39, 0.29) is 6.03 Å². The highest BCUT2D eigenvalue weighted by Gasteiger charge is 2.23. The molecule has 0 spiro atoms. The van der Waals surface area contributed by atoms with Crippen LogP contribution in [-0.4, -0.2) is 55.9 Å². The lowest BCUT2D eigenvalue weighted by molar-refractivity contribution is 0.0521. The molecular formula is C11H21N3O2. The van der Waals surface area contributed by atoms with Gasteiger partial charge in [-0.25, -0.2) is 4.79 Å². The Hall–Kier alpha value is -0.810. The largest absolute Gasteiger partial charge is 0.378 e. The van der Waals surface area contributed by atoms with Gasteiger partial charge in [0.15, 0.2) is 0 Å². The first-order chi connectivity index (χ1) is 7.75. The summed E-state index contributed by atoms with van der Waals surface area (Å²) in [5.74, 6) is 0. The number of morpholine rings is 1. The number of hydrogen-bond donors (Lipinski definition) is 2. The minimum Gasteiger partial charge on any atom is -0.378 e.